The van der Waals surface area contributed by atoms with Crippen molar-refractivity contribution in [1.82, 2.24) is 0 Å². The molecule has 0 fully saturated rings. The molecule has 16 aromatic rings. The Morgan fingerprint density at radius 1 is 0.250 bits per heavy atom. The molecule has 562 valence electrons. The molecule has 2 heterocycles. The van der Waals surface area contributed by atoms with Crippen molar-refractivity contribution in [1.29, 1.82) is 0 Å². The van der Waals surface area contributed by atoms with Crippen molar-refractivity contribution in [2.45, 2.75) is 110 Å². The van der Waals surface area contributed by atoms with Crippen LogP contribution >= 0.6 is 0 Å². The molecule has 1 atom stereocenters. The lowest BCUT2D eigenvalue weighted by Crippen LogP contribution is -2.61. The van der Waals surface area contributed by atoms with Crippen LogP contribution in [-0.4, -0.2) is 6.71 Å². The van der Waals surface area contributed by atoms with E-state index in [4.69, 9.17) is 1.37 Å². The van der Waals surface area contributed by atoms with Crippen LogP contribution < -0.4 is 26.2 Å². The molecule has 0 amide bonds. The molecule has 1 unspecified atom stereocenters. The zero-order valence-corrected chi connectivity index (χ0v) is 68.3. The first kappa shape index (κ1) is 67.7. The van der Waals surface area contributed by atoms with Gasteiger partial charge in [0.15, 0.2) is 0 Å². The fourth-order valence-electron chi connectivity index (χ4n) is 18.6. The standard InChI is InChI=1S/C113H97BN2/c1-109(2,3)87-63-83(64-88(69-87)110(4,5)6)82-59-61-100-102(66-82)116(108-96(78-46-28-17-29-47-78)72-90(112(10,11)12)73-97(108)79-48-30-18-31-49-79)104-68-84(91-55-37-56-93-92-54-34-35-57-98(92)113(105(91)93,85-51-32-19-33-52-85)86-53-36-50-80(62-86)74-38-20-13-21-39-74)67-103-106(104)114(100)99-60-58-81(75-40-22-14-23-41-75)65-101(99)115(103)107-94(76-42-24-15-25-43-76)70-89(111(7,8)9)71-95(107)77-44-26-16-27-45-77/h13-73H,1-12H3/i14D,22D,23D,40D,41D. The van der Waals surface area contributed by atoms with Crippen LogP contribution in [0.4, 0.5) is 34.1 Å². The molecule has 0 spiro atoms. The van der Waals surface area contributed by atoms with Crippen LogP contribution in [0.15, 0.2) is 370 Å². The van der Waals surface area contributed by atoms with Gasteiger partial charge in [0.2, 0.25) is 0 Å². The van der Waals surface area contributed by atoms with Crippen molar-refractivity contribution in [3.05, 3.63) is 414 Å². The fourth-order valence-corrected chi connectivity index (χ4v) is 18.6. The normalized spacial score (nSPS) is 14.8. The van der Waals surface area contributed by atoms with Crippen LogP contribution in [0.3, 0.4) is 0 Å². The van der Waals surface area contributed by atoms with E-state index in [-0.39, 0.29) is 39.3 Å². The Labute approximate surface area is 694 Å². The maximum Gasteiger partial charge on any atom is 0.252 e. The Morgan fingerprint density at radius 2 is 0.603 bits per heavy atom. The Balaban J connectivity index is 1.05. The van der Waals surface area contributed by atoms with E-state index in [0.29, 0.717) is 5.56 Å². The van der Waals surface area contributed by atoms with Gasteiger partial charge in [-0.2, -0.15) is 0 Å². The van der Waals surface area contributed by atoms with E-state index in [2.05, 4.69) is 427 Å². The minimum absolute atomic E-state index is 0.129. The molecule has 3 heteroatoms. The van der Waals surface area contributed by atoms with Gasteiger partial charge < -0.3 is 9.80 Å². The quantitative estimate of drug-likeness (QED) is 0.113. The summed E-state index contributed by atoms with van der Waals surface area (Å²) in [5.41, 5.74) is 34.2. The maximum absolute atomic E-state index is 9.88. The highest BCUT2D eigenvalue weighted by atomic mass is 15.2. The Kier molecular flexibility index (Phi) is 16.5. The third-order valence-corrected chi connectivity index (χ3v) is 24.6. The molecular weight excluding hydrogens is 1400 g/mol. The SMILES string of the molecule is [2H]c1c([2H])c([2H])c(-c2ccc3c(c2)N(c2c(-c4ccccc4)cc(C(C)(C)C)cc2-c2ccccc2)c2cc(-c4cccc5c4C(c4ccccc4)(c4cccc(-c6ccccc6)c4)c4ccccc4-5)cc4c2B3c2ccc(-c3cc(C(C)(C)C)cc(C(C)(C)C)c3)cc2N4c2c(-c3ccccc3)cc(C(C)(C)C)cc2-c2ccccc2)c([2H])c1[2H]. The van der Waals surface area contributed by atoms with E-state index in [0.717, 1.165) is 162 Å². The highest BCUT2D eigenvalue weighted by molar-refractivity contribution is 7.00. The third kappa shape index (κ3) is 12.6. The third-order valence-electron chi connectivity index (χ3n) is 24.6. The molecule has 116 heavy (non-hydrogen) atoms. The Bertz CT molecular complexity index is 6610. The molecule has 19 rings (SSSR count). The molecular formula is C113H97BN2. The summed E-state index contributed by atoms with van der Waals surface area (Å²) in [7, 11) is 0. The Hall–Kier alpha value is -12.8. The van der Waals surface area contributed by atoms with Gasteiger partial charge in [0.05, 0.1) is 23.6 Å². The van der Waals surface area contributed by atoms with Crippen molar-refractivity contribution >= 4 is 57.2 Å². The van der Waals surface area contributed by atoms with Crippen molar-refractivity contribution in [3.8, 4) is 100 Å². The number of hydrogen-bond acceptors (Lipinski definition) is 2. The van der Waals surface area contributed by atoms with Gasteiger partial charge in [-0.25, -0.2) is 0 Å². The summed E-state index contributed by atoms with van der Waals surface area (Å²) in [4.78, 5) is 5.22. The Morgan fingerprint density at radius 3 is 1.06 bits per heavy atom. The molecule has 0 bridgehead atoms. The van der Waals surface area contributed by atoms with Crippen molar-refractivity contribution in [2.24, 2.45) is 0 Å². The summed E-state index contributed by atoms with van der Waals surface area (Å²) in [6, 6.07) is 125. The molecule has 16 aromatic carbocycles. The second kappa shape index (κ2) is 28.3. The van der Waals surface area contributed by atoms with Crippen LogP contribution in [0.2, 0.25) is 0 Å². The number of fused-ring (bicyclic) bond motifs is 7. The summed E-state index contributed by atoms with van der Waals surface area (Å²) >= 11 is 0. The lowest BCUT2D eigenvalue weighted by molar-refractivity contribution is 0.569. The number of benzene rings is 16. The first-order valence-corrected chi connectivity index (χ1v) is 41.0. The van der Waals surface area contributed by atoms with Crippen LogP contribution in [0, 0.1) is 0 Å². The second-order valence-electron chi connectivity index (χ2n) is 36.0. The van der Waals surface area contributed by atoms with E-state index in [1.54, 1.807) is 0 Å². The molecule has 0 aromatic heterocycles. The zero-order chi connectivity index (χ0) is 83.9. The zero-order valence-electron chi connectivity index (χ0n) is 73.3. The van der Waals surface area contributed by atoms with Gasteiger partial charge in [-0.3, -0.25) is 0 Å². The number of rotatable bonds is 12. The lowest BCUT2D eigenvalue weighted by atomic mass is 9.33. The minimum atomic E-state index is -0.905. The molecule has 0 saturated heterocycles. The lowest BCUT2D eigenvalue weighted by Gasteiger charge is -2.46. The van der Waals surface area contributed by atoms with E-state index >= 15 is 0 Å². The average molecular weight is 1500 g/mol. The van der Waals surface area contributed by atoms with Crippen LogP contribution in [0.1, 0.15) is 134 Å². The van der Waals surface area contributed by atoms with Crippen LogP contribution in [0.25, 0.3) is 100 Å². The minimum Gasteiger partial charge on any atom is -0.310 e. The molecule has 0 N–H and O–H groups in total. The summed E-state index contributed by atoms with van der Waals surface area (Å²) < 4.78 is 47.4. The van der Waals surface area contributed by atoms with Crippen LogP contribution in [-0.2, 0) is 27.1 Å². The number of anilines is 6. The van der Waals surface area contributed by atoms with Gasteiger partial charge in [0.1, 0.15) is 0 Å². The van der Waals surface area contributed by atoms with Crippen molar-refractivity contribution in [2.75, 3.05) is 9.80 Å². The summed E-state index contributed by atoms with van der Waals surface area (Å²) in [6.45, 7) is 27.3. The summed E-state index contributed by atoms with van der Waals surface area (Å²) in [6.07, 6.45) is 0. The maximum atomic E-state index is 9.88. The smallest absolute Gasteiger partial charge is 0.252 e. The first-order valence-electron chi connectivity index (χ1n) is 43.5. The molecule has 0 radical (unpaired) electrons. The van der Waals surface area contributed by atoms with Gasteiger partial charge in [-0.05, 0) is 215 Å². The fraction of sp³-hybridized carbons (Fsp3) is 0.150. The first-order chi connectivity index (χ1) is 58.1. The van der Waals surface area contributed by atoms with E-state index in [9.17, 15) is 5.48 Å². The largest absolute Gasteiger partial charge is 0.310 e. The van der Waals surface area contributed by atoms with E-state index in [1.807, 2.05) is 6.07 Å². The molecule has 0 saturated carbocycles. The summed E-state index contributed by atoms with van der Waals surface area (Å²) in [5, 5.41) is 0. The van der Waals surface area contributed by atoms with Crippen molar-refractivity contribution < 1.29 is 6.85 Å². The van der Waals surface area contributed by atoms with Gasteiger partial charge in [0, 0.05) is 45.0 Å². The molecule has 2 nitrogen and oxygen atoms in total. The molecule has 1 aliphatic carbocycles. The van der Waals surface area contributed by atoms with E-state index < -0.39 is 30.3 Å². The molecule has 3 aliphatic rings. The van der Waals surface area contributed by atoms with Gasteiger partial charge in [-0.1, -0.05) is 398 Å². The average Bonchev–Trinajstić information content (AvgIpc) is 1.60. The second-order valence-corrected chi connectivity index (χ2v) is 36.0. The number of hydrogen-bond donors (Lipinski definition) is 0. The number of nitrogens with zero attached hydrogens (tertiary/aromatic N) is 2. The predicted molar refractivity (Wildman–Crippen MR) is 496 cm³/mol. The van der Waals surface area contributed by atoms with Gasteiger partial charge in [0.25, 0.3) is 6.71 Å². The monoisotopic (exact) mass is 1500 g/mol. The summed E-state index contributed by atoms with van der Waals surface area (Å²) in [5.74, 6) is 0. The van der Waals surface area contributed by atoms with Gasteiger partial charge >= 0.3 is 0 Å². The topological polar surface area (TPSA) is 6.48 Å². The van der Waals surface area contributed by atoms with Gasteiger partial charge in [-0.15, -0.1) is 0 Å². The molecule has 2 aliphatic heterocycles. The van der Waals surface area contributed by atoms with Crippen molar-refractivity contribution in [3.63, 3.8) is 0 Å². The highest BCUT2D eigenvalue weighted by Gasteiger charge is 2.50. The van der Waals surface area contributed by atoms with Crippen LogP contribution in [0.5, 0.6) is 0 Å². The highest BCUT2D eigenvalue weighted by Crippen LogP contribution is 2.62. The predicted octanol–water partition coefficient (Wildman–Crippen LogP) is 28.7. The van der Waals surface area contributed by atoms with E-state index in [1.165, 1.54) is 22.3 Å².